The van der Waals surface area contributed by atoms with E-state index in [4.69, 9.17) is 0 Å². The van der Waals surface area contributed by atoms with Gasteiger partial charge in [-0.05, 0) is 53.4 Å². The zero-order valence-electron chi connectivity index (χ0n) is 21.0. The standard InChI is InChI=1S/C16H36N.C8H20N.2FH/c1-5-9-13-17(14-10-6-2,15-11-7-3)16-12-8-4;1-5-9(6-2,7-3)8-4;;/h5-16H2,1-4H3;5-8H2,1-4H3;2*1H/q2*+1;;/p-2. The van der Waals surface area contributed by atoms with Gasteiger partial charge >= 0.3 is 0 Å². The van der Waals surface area contributed by atoms with Gasteiger partial charge in [-0.2, -0.15) is 0 Å². The minimum absolute atomic E-state index is 0. The maximum atomic E-state index is 2.33. The SMILES string of the molecule is CCCC[N+](CCCC)(CCCC)CCCC.CC[N+](CC)(CC)CC.[F-].[F-]. The highest BCUT2D eigenvalue weighted by Gasteiger charge is 2.24. The number of hydrogen-bond acceptors (Lipinski definition) is 0. The van der Waals surface area contributed by atoms with Crippen LogP contribution >= 0.6 is 0 Å². The molecule has 0 spiro atoms. The van der Waals surface area contributed by atoms with Gasteiger partial charge in [-0.3, -0.25) is 0 Å². The van der Waals surface area contributed by atoms with Crippen molar-refractivity contribution < 1.29 is 18.4 Å². The Balaban J connectivity index is -0.000000225. The first-order valence-electron chi connectivity index (χ1n) is 12.2. The van der Waals surface area contributed by atoms with E-state index < -0.39 is 0 Å². The van der Waals surface area contributed by atoms with Crippen LogP contribution < -0.4 is 9.41 Å². The van der Waals surface area contributed by atoms with Gasteiger partial charge in [-0.15, -0.1) is 0 Å². The molecule has 28 heavy (non-hydrogen) atoms. The maximum Gasteiger partial charge on any atom is 0.0786 e. The Morgan fingerprint density at radius 1 is 0.357 bits per heavy atom. The third kappa shape index (κ3) is 15.7. The van der Waals surface area contributed by atoms with Crippen LogP contribution in [0.3, 0.4) is 0 Å². The highest BCUT2D eigenvalue weighted by atomic mass is 19.0. The highest BCUT2D eigenvalue weighted by Crippen LogP contribution is 2.16. The molecule has 0 N–H and O–H groups in total. The summed E-state index contributed by atoms with van der Waals surface area (Å²) in [5.74, 6) is 0. The highest BCUT2D eigenvalue weighted by molar-refractivity contribution is 4.49. The first-order chi connectivity index (χ1) is 12.5. The summed E-state index contributed by atoms with van der Waals surface area (Å²) < 4.78 is 2.70. The lowest BCUT2D eigenvalue weighted by Gasteiger charge is -2.39. The Morgan fingerprint density at radius 2 is 0.571 bits per heavy atom. The molecule has 0 amide bonds. The molecule has 0 aliphatic rings. The van der Waals surface area contributed by atoms with Crippen LogP contribution in [0, 0.1) is 0 Å². The predicted octanol–water partition coefficient (Wildman–Crippen LogP) is 0.894. The van der Waals surface area contributed by atoms with E-state index in [2.05, 4.69) is 55.4 Å². The molecule has 0 aliphatic heterocycles. The molecule has 0 saturated heterocycles. The zero-order valence-corrected chi connectivity index (χ0v) is 21.0. The average molecular weight is 411 g/mol. The van der Waals surface area contributed by atoms with Gasteiger partial charge in [0.2, 0.25) is 0 Å². The second-order valence-electron chi connectivity index (χ2n) is 8.26. The summed E-state index contributed by atoms with van der Waals surface area (Å²) in [6.07, 6.45) is 11.1. The third-order valence-electron chi connectivity index (χ3n) is 6.63. The van der Waals surface area contributed by atoms with E-state index in [1.165, 1.54) is 113 Å². The van der Waals surface area contributed by atoms with Crippen molar-refractivity contribution in [2.45, 2.75) is 107 Å². The number of halogens is 2. The molecular weight excluding hydrogens is 354 g/mol. The number of quaternary nitrogens is 2. The normalized spacial score (nSPS) is 11.1. The molecule has 0 unspecified atom stereocenters. The second kappa shape index (κ2) is 23.1. The second-order valence-corrected chi connectivity index (χ2v) is 8.26. The summed E-state index contributed by atoms with van der Waals surface area (Å²) in [6, 6.07) is 0. The molecule has 0 atom stereocenters. The van der Waals surface area contributed by atoms with Gasteiger partial charge in [-0.25, -0.2) is 0 Å². The summed E-state index contributed by atoms with van der Waals surface area (Å²) in [5.41, 5.74) is 0. The van der Waals surface area contributed by atoms with Crippen molar-refractivity contribution in [3.05, 3.63) is 0 Å². The van der Waals surface area contributed by atoms with Gasteiger partial charge in [-0.1, -0.05) is 53.4 Å². The number of nitrogens with zero attached hydrogens (tertiary/aromatic N) is 2. The van der Waals surface area contributed by atoms with Crippen LogP contribution in [-0.2, 0) is 0 Å². The fourth-order valence-corrected chi connectivity index (χ4v) is 3.99. The molecule has 0 aromatic heterocycles. The summed E-state index contributed by atoms with van der Waals surface area (Å²) in [7, 11) is 0. The fraction of sp³-hybridized carbons (Fsp3) is 1.00. The molecule has 0 aliphatic carbocycles. The number of hydrogen-bond donors (Lipinski definition) is 0. The van der Waals surface area contributed by atoms with Crippen molar-refractivity contribution in [2.75, 3.05) is 52.4 Å². The molecule has 4 heteroatoms. The Bertz CT molecular complexity index is 227. The van der Waals surface area contributed by atoms with E-state index in [0.29, 0.717) is 0 Å². The molecule has 0 aromatic carbocycles. The lowest BCUT2D eigenvalue weighted by Crippen LogP contribution is -3.00. The summed E-state index contributed by atoms with van der Waals surface area (Å²) in [5, 5.41) is 0. The predicted molar refractivity (Wildman–Crippen MR) is 122 cm³/mol. The summed E-state index contributed by atoms with van der Waals surface area (Å²) >= 11 is 0. The maximum absolute atomic E-state index is 2.33. The summed E-state index contributed by atoms with van der Waals surface area (Å²) in [6.45, 7) is 29.2. The fourth-order valence-electron chi connectivity index (χ4n) is 3.99. The zero-order chi connectivity index (χ0) is 20.3. The van der Waals surface area contributed by atoms with Crippen molar-refractivity contribution in [3.8, 4) is 0 Å². The monoisotopic (exact) mass is 410 g/mol. The molecule has 2 nitrogen and oxygen atoms in total. The van der Waals surface area contributed by atoms with Crippen molar-refractivity contribution in [1.82, 2.24) is 0 Å². The van der Waals surface area contributed by atoms with Crippen LogP contribution in [-0.4, -0.2) is 61.3 Å². The van der Waals surface area contributed by atoms with Crippen molar-refractivity contribution in [1.29, 1.82) is 0 Å². The van der Waals surface area contributed by atoms with Crippen molar-refractivity contribution >= 4 is 0 Å². The average Bonchev–Trinajstić information content (AvgIpc) is 2.69. The van der Waals surface area contributed by atoms with Gasteiger partial charge in [0.05, 0.1) is 52.4 Å². The third-order valence-corrected chi connectivity index (χ3v) is 6.63. The molecule has 0 aromatic rings. The molecule has 0 heterocycles. The van der Waals surface area contributed by atoms with E-state index in [1.807, 2.05) is 0 Å². The molecule has 0 bridgehead atoms. The Morgan fingerprint density at radius 3 is 0.679 bits per heavy atom. The quantitative estimate of drug-likeness (QED) is 0.332. The largest absolute Gasteiger partial charge is 1.00 e. The van der Waals surface area contributed by atoms with Gasteiger partial charge in [0, 0.05) is 0 Å². The van der Waals surface area contributed by atoms with Crippen molar-refractivity contribution in [2.24, 2.45) is 0 Å². The van der Waals surface area contributed by atoms with Crippen molar-refractivity contribution in [3.63, 3.8) is 0 Å². The minimum atomic E-state index is 0. The van der Waals surface area contributed by atoms with E-state index in [1.54, 1.807) is 0 Å². The molecule has 0 saturated carbocycles. The Labute approximate surface area is 178 Å². The van der Waals surface area contributed by atoms with E-state index in [0.717, 1.165) is 0 Å². The van der Waals surface area contributed by atoms with Crippen LogP contribution in [0.15, 0.2) is 0 Å². The molecule has 176 valence electrons. The molecule has 0 fully saturated rings. The van der Waals surface area contributed by atoms with E-state index in [9.17, 15) is 0 Å². The first kappa shape index (κ1) is 35.2. The lowest BCUT2D eigenvalue weighted by atomic mass is 10.1. The van der Waals surface area contributed by atoms with Crippen LogP contribution in [0.2, 0.25) is 0 Å². The van der Waals surface area contributed by atoms with Gasteiger partial charge in [0.25, 0.3) is 0 Å². The Kier molecular flexibility index (Phi) is 29.0. The smallest absolute Gasteiger partial charge is 0.0786 e. The van der Waals surface area contributed by atoms with Crippen LogP contribution in [0.5, 0.6) is 0 Å². The van der Waals surface area contributed by atoms with Gasteiger partial charge < -0.3 is 18.4 Å². The van der Waals surface area contributed by atoms with Gasteiger partial charge in [0.15, 0.2) is 0 Å². The molecule has 0 rings (SSSR count). The van der Waals surface area contributed by atoms with E-state index in [-0.39, 0.29) is 9.41 Å². The Hall–Kier alpha value is -0.220. The molecular formula is C24H56F2N2. The van der Waals surface area contributed by atoms with Crippen LogP contribution in [0.25, 0.3) is 0 Å². The van der Waals surface area contributed by atoms with Crippen LogP contribution in [0.1, 0.15) is 107 Å². The lowest BCUT2D eigenvalue weighted by molar-refractivity contribution is -0.929. The number of unbranched alkanes of at least 4 members (excludes halogenated alkanes) is 4. The van der Waals surface area contributed by atoms with Crippen LogP contribution in [0.4, 0.5) is 0 Å². The number of rotatable bonds is 16. The summed E-state index contributed by atoms with van der Waals surface area (Å²) in [4.78, 5) is 0. The van der Waals surface area contributed by atoms with E-state index >= 15 is 0 Å². The minimum Gasteiger partial charge on any atom is -1.00 e. The molecule has 0 radical (unpaired) electrons. The first-order valence-corrected chi connectivity index (χ1v) is 12.2. The topological polar surface area (TPSA) is 0 Å². The van der Waals surface area contributed by atoms with Gasteiger partial charge in [0.1, 0.15) is 0 Å².